The van der Waals surface area contributed by atoms with Crippen molar-refractivity contribution >= 4 is 5.91 Å². The molecular formula is C13H19NO2. The fourth-order valence-corrected chi connectivity index (χ4v) is 3.25. The van der Waals surface area contributed by atoms with E-state index < -0.39 is 0 Å². The Balaban J connectivity index is 1.75. The predicted octanol–water partition coefficient (Wildman–Crippen LogP) is 1.79. The first-order valence-corrected chi connectivity index (χ1v) is 6.28. The van der Waals surface area contributed by atoms with Gasteiger partial charge in [-0.05, 0) is 38.5 Å². The maximum Gasteiger partial charge on any atom is 0.228 e. The molecule has 4 unspecified atom stereocenters. The zero-order valence-electron chi connectivity index (χ0n) is 9.98. The second kappa shape index (κ2) is 3.33. The number of hydrogen-bond acceptors (Lipinski definition) is 2. The molecule has 0 aromatic rings. The maximum atomic E-state index is 12.5. The number of likely N-dealkylation sites (N-methyl/N-ethyl adjacent to an activating group) is 1. The largest absolute Gasteiger partial charge is 0.348 e. The third kappa shape index (κ3) is 1.41. The summed E-state index contributed by atoms with van der Waals surface area (Å²) in [6, 6.07) is 0. The molecular weight excluding hydrogens is 202 g/mol. The van der Waals surface area contributed by atoms with E-state index in [9.17, 15) is 4.79 Å². The van der Waals surface area contributed by atoms with E-state index >= 15 is 0 Å². The van der Waals surface area contributed by atoms with Crippen molar-refractivity contribution in [3.05, 3.63) is 12.2 Å². The Hall–Kier alpha value is -0.830. The fourth-order valence-electron chi connectivity index (χ4n) is 3.25. The van der Waals surface area contributed by atoms with Crippen molar-refractivity contribution in [2.45, 2.75) is 32.4 Å². The molecule has 3 heteroatoms. The molecule has 3 aliphatic rings. The quantitative estimate of drug-likeness (QED) is 0.537. The minimum atomic E-state index is -0.294. The minimum Gasteiger partial charge on any atom is -0.348 e. The summed E-state index contributed by atoms with van der Waals surface area (Å²) < 4.78 is 5.40. The number of nitrogens with zero attached hydrogens (tertiary/aromatic N) is 1. The van der Waals surface area contributed by atoms with Crippen molar-refractivity contribution in [1.82, 2.24) is 4.90 Å². The van der Waals surface area contributed by atoms with Crippen LogP contribution in [0.4, 0.5) is 0 Å². The molecule has 0 aromatic heterocycles. The van der Waals surface area contributed by atoms with Gasteiger partial charge in [-0.1, -0.05) is 12.2 Å². The third-order valence-corrected chi connectivity index (χ3v) is 4.31. The van der Waals surface area contributed by atoms with Gasteiger partial charge in [-0.3, -0.25) is 4.79 Å². The van der Waals surface area contributed by atoms with Crippen LogP contribution in [0.15, 0.2) is 12.2 Å². The van der Waals surface area contributed by atoms with Gasteiger partial charge in [0.25, 0.3) is 0 Å². The summed E-state index contributed by atoms with van der Waals surface area (Å²) in [5.74, 6) is 1.68. The van der Waals surface area contributed by atoms with Crippen LogP contribution in [0, 0.1) is 17.8 Å². The van der Waals surface area contributed by atoms with Gasteiger partial charge in [0.05, 0.1) is 6.61 Å². The number of ether oxygens (including phenoxy) is 1. The number of carbonyl (C=O) groups excluding carboxylic acids is 1. The van der Waals surface area contributed by atoms with Gasteiger partial charge in [0.2, 0.25) is 5.91 Å². The molecule has 3 nitrogen and oxygen atoms in total. The van der Waals surface area contributed by atoms with Gasteiger partial charge in [0, 0.05) is 12.5 Å². The van der Waals surface area contributed by atoms with Gasteiger partial charge in [-0.15, -0.1) is 0 Å². The first-order valence-electron chi connectivity index (χ1n) is 6.28. The number of amides is 1. The first kappa shape index (κ1) is 10.3. The molecule has 0 aromatic carbocycles. The number of epoxide rings is 1. The Bertz CT molecular complexity index is 346. The van der Waals surface area contributed by atoms with Crippen molar-refractivity contribution in [2.75, 3.05) is 13.2 Å². The Kier molecular flexibility index (Phi) is 2.15. The minimum absolute atomic E-state index is 0.218. The number of fused-ring (bicyclic) bond motifs is 2. The molecule has 2 aliphatic carbocycles. The van der Waals surface area contributed by atoms with Crippen molar-refractivity contribution in [1.29, 1.82) is 0 Å². The van der Waals surface area contributed by atoms with E-state index in [0.717, 1.165) is 13.0 Å². The van der Waals surface area contributed by atoms with Crippen molar-refractivity contribution < 1.29 is 9.53 Å². The summed E-state index contributed by atoms with van der Waals surface area (Å²) in [6.07, 6.45) is 6.75. The predicted molar refractivity (Wildman–Crippen MR) is 60.6 cm³/mol. The van der Waals surface area contributed by atoms with Gasteiger partial charge < -0.3 is 9.64 Å². The topological polar surface area (TPSA) is 32.8 Å². The van der Waals surface area contributed by atoms with E-state index in [2.05, 4.69) is 12.2 Å². The number of allylic oxidation sites excluding steroid dienone is 2. The molecule has 0 spiro atoms. The van der Waals surface area contributed by atoms with Gasteiger partial charge in [-0.2, -0.15) is 0 Å². The van der Waals surface area contributed by atoms with Crippen LogP contribution in [0.2, 0.25) is 0 Å². The normalized spacial score (nSPS) is 43.8. The lowest BCUT2D eigenvalue weighted by molar-refractivity contribution is -0.141. The molecule has 1 saturated carbocycles. The second-order valence-corrected chi connectivity index (χ2v) is 5.43. The van der Waals surface area contributed by atoms with Crippen LogP contribution in [-0.2, 0) is 9.53 Å². The molecule has 88 valence electrons. The number of hydrogen-bond donors (Lipinski definition) is 0. The fraction of sp³-hybridized carbons (Fsp3) is 0.769. The monoisotopic (exact) mass is 221 g/mol. The molecule has 16 heavy (non-hydrogen) atoms. The van der Waals surface area contributed by atoms with E-state index in [0.29, 0.717) is 24.3 Å². The van der Waals surface area contributed by atoms with Crippen LogP contribution in [-0.4, -0.2) is 29.7 Å². The van der Waals surface area contributed by atoms with Gasteiger partial charge in [0.1, 0.15) is 0 Å². The summed E-state index contributed by atoms with van der Waals surface area (Å²) in [7, 11) is 0. The highest BCUT2D eigenvalue weighted by molar-refractivity contribution is 5.81. The molecule has 3 rings (SSSR count). The average molecular weight is 221 g/mol. The maximum absolute atomic E-state index is 12.5. The lowest BCUT2D eigenvalue weighted by Gasteiger charge is -2.30. The highest BCUT2D eigenvalue weighted by Gasteiger charge is 2.51. The van der Waals surface area contributed by atoms with E-state index in [1.165, 1.54) is 6.42 Å². The Morgan fingerprint density at radius 3 is 2.69 bits per heavy atom. The molecule has 1 aliphatic heterocycles. The summed E-state index contributed by atoms with van der Waals surface area (Å²) in [5.41, 5.74) is -0.294. The van der Waals surface area contributed by atoms with Crippen molar-refractivity contribution in [3.63, 3.8) is 0 Å². The molecule has 4 atom stereocenters. The van der Waals surface area contributed by atoms with Crippen LogP contribution in [0.5, 0.6) is 0 Å². The van der Waals surface area contributed by atoms with Crippen molar-refractivity contribution in [2.24, 2.45) is 17.8 Å². The molecule has 1 heterocycles. The lowest BCUT2D eigenvalue weighted by Crippen LogP contribution is -2.45. The smallest absolute Gasteiger partial charge is 0.228 e. The second-order valence-electron chi connectivity index (χ2n) is 5.43. The summed E-state index contributed by atoms with van der Waals surface area (Å²) in [4.78, 5) is 14.4. The highest BCUT2D eigenvalue weighted by Crippen LogP contribution is 2.45. The summed E-state index contributed by atoms with van der Waals surface area (Å²) >= 11 is 0. The van der Waals surface area contributed by atoms with E-state index in [1.807, 2.05) is 18.7 Å². The highest BCUT2D eigenvalue weighted by atomic mass is 16.6. The van der Waals surface area contributed by atoms with E-state index in [-0.39, 0.29) is 11.6 Å². The third-order valence-electron chi connectivity index (χ3n) is 4.31. The lowest BCUT2D eigenvalue weighted by atomic mass is 9.92. The van der Waals surface area contributed by atoms with Crippen LogP contribution < -0.4 is 0 Å². The Labute approximate surface area is 96.4 Å². The Morgan fingerprint density at radius 1 is 1.50 bits per heavy atom. The molecule has 0 N–H and O–H groups in total. The molecule has 0 radical (unpaired) electrons. The van der Waals surface area contributed by atoms with E-state index in [1.54, 1.807) is 0 Å². The Morgan fingerprint density at radius 2 is 2.25 bits per heavy atom. The van der Waals surface area contributed by atoms with Gasteiger partial charge in [-0.25, -0.2) is 0 Å². The first-order chi connectivity index (χ1) is 7.64. The molecule has 1 saturated heterocycles. The van der Waals surface area contributed by atoms with Gasteiger partial charge in [0.15, 0.2) is 5.72 Å². The van der Waals surface area contributed by atoms with Crippen LogP contribution >= 0.6 is 0 Å². The van der Waals surface area contributed by atoms with Gasteiger partial charge >= 0.3 is 0 Å². The zero-order chi connectivity index (χ0) is 11.3. The van der Waals surface area contributed by atoms with Crippen LogP contribution in [0.3, 0.4) is 0 Å². The number of rotatable bonds is 3. The van der Waals surface area contributed by atoms with Crippen molar-refractivity contribution in [3.8, 4) is 0 Å². The molecule has 1 amide bonds. The van der Waals surface area contributed by atoms with Crippen LogP contribution in [0.1, 0.15) is 26.7 Å². The average Bonchev–Trinajstić information content (AvgIpc) is 2.76. The number of carbonyl (C=O) groups is 1. The summed E-state index contributed by atoms with van der Waals surface area (Å²) in [6.45, 7) is 5.50. The zero-order valence-corrected chi connectivity index (χ0v) is 9.98. The molecule has 2 fully saturated rings. The van der Waals surface area contributed by atoms with E-state index in [4.69, 9.17) is 4.74 Å². The SMILES string of the molecule is CCN(C(=O)C1CC2C=CC1C2)C1(C)CO1. The molecule has 2 bridgehead atoms. The van der Waals surface area contributed by atoms with Crippen LogP contribution in [0.25, 0.3) is 0 Å². The summed E-state index contributed by atoms with van der Waals surface area (Å²) in [5, 5.41) is 0. The standard InChI is InChI=1S/C13H19NO2/c1-3-14(13(2)8-16-13)12(15)11-7-9-4-5-10(11)6-9/h4-5,9-11H,3,6-8H2,1-2H3.